The third kappa shape index (κ3) is 5.08. The van der Waals surface area contributed by atoms with Gasteiger partial charge in [0.2, 0.25) is 12.1 Å². The summed E-state index contributed by atoms with van der Waals surface area (Å²) >= 11 is 24.3. The van der Waals surface area contributed by atoms with Crippen molar-refractivity contribution in [2.24, 2.45) is 0 Å². The average molecular weight is 463 g/mol. The summed E-state index contributed by atoms with van der Waals surface area (Å²) in [5, 5.41) is 16.8. The normalized spacial score (nSPS) is 14.5. The molecule has 3 aromatic rings. The molecular weight excluding hydrogens is 448 g/mol. The predicted octanol–water partition coefficient (Wildman–Crippen LogP) is 5.18. The lowest BCUT2D eigenvalue weighted by Gasteiger charge is -2.32. The van der Waals surface area contributed by atoms with Crippen molar-refractivity contribution in [1.82, 2.24) is 14.8 Å². The highest BCUT2D eigenvalue weighted by molar-refractivity contribution is 6.35. The lowest BCUT2D eigenvalue weighted by Crippen LogP contribution is -2.39. The van der Waals surface area contributed by atoms with Gasteiger partial charge in [-0.3, -0.25) is 0 Å². The largest absolute Gasteiger partial charge is 0.464 e. The number of aliphatic hydroxyl groups is 1. The molecule has 1 N–H and O–H groups in total. The van der Waals surface area contributed by atoms with Crippen molar-refractivity contribution >= 4 is 46.4 Å². The van der Waals surface area contributed by atoms with E-state index in [1.807, 2.05) is 0 Å². The van der Waals surface area contributed by atoms with E-state index in [2.05, 4.69) is 10.1 Å². The Labute approximate surface area is 181 Å². The van der Waals surface area contributed by atoms with Crippen LogP contribution in [0.4, 0.5) is 0 Å². The fraction of sp³-hybridized carbons (Fsp3) is 0.222. The molecule has 1 heterocycles. The molecule has 28 heavy (non-hydrogen) atoms. The van der Waals surface area contributed by atoms with Gasteiger partial charge in [-0.25, -0.2) is 9.67 Å². The minimum absolute atomic E-state index is 0.0869. The van der Waals surface area contributed by atoms with Gasteiger partial charge < -0.3 is 14.6 Å². The van der Waals surface area contributed by atoms with Crippen molar-refractivity contribution in [2.75, 3.05) is 0 Å². The molecule has 0 aliphatic rings. The molecule has 0 aliphatic carbocycles. The summed E-state index contributed by atoms with van der Waals surface area (Å²) in [5.41, 5.74) is 0.298. The van der Waals surface area contributed by atoms with Crippen LogP contribution in [0.1, 0.15) is 12.5 Å². The van der Waals surface area contributed by atoms with Crippen LogP contribution in [0.3, 0.4) is 0 Å². The van der Waals surface area contributed by atoms with Crippen molar-refractivity contribution in [1.29, 1.82) is 0 Å². The zero-order valence-corrected chi connectivity index (χ0v) is 17.5. The van der Waals surface area contributed by atoms with Gasteiger partial charge in [0, 0.05) is 15.6 Å². The van der Waals surface area contributed by atoms with E-state index in [1.165, 1.54) is 23.4 Å². The molecule has 6 nitrogen and oxygen atoms in total. The van der Waals surface area contributed by atoms with Crippen LogP contribution in [-0.4, -0.2) is 26.2 Å². The fourth-order valence-corrected chi connectivity index (χ4v) is 3.58. The number of hydrogen-bond donors (Lipinski definition) is 1. The maximum atomic E-state index is 11.3. The van der Waals surface area contributed by atoms with Crippen molar-refractivity contribution in [3.8, 4) is 5.75 Å². The lowest BCUT2D eigenvalue weighted by molar-refractivity contribution is -0.281. The molecule has 0 aliphatic heterocycles. The second-order valence-corrected chi connectivity index (χ2v) is 7.57. The molecule has 0 saturated heterocycles. The summed E-state index contributed by atoms with van der Waals surface area (Å²) in [4.78, 5) is 3.87. The third-order valence-electron chi connectivity index (χ3n) is 3.74. The minimum Gasteiger partial charge on any atom is -0.464 e. The second kappa shape index (κ2) is 8.86. The number of halogens is 4. The lowest BCUT2D eigenvalue weighted by atomic mass is 10.1. The van der Waals surface area contributed by atoms with Crippen molar-refractivity contribution in [2.45, 2.75) is 25.5 Å². The average Bonchev–Trinajstić information content (AvgIpc) is 3.09. The molecule has 1 aromatic heterocycles. The molecule has 2 atom stereocenters. The summed E-state index contributed by atoms with van der Waals surface area (Å²) in [7, 11) is 0. The van der Waals surface area contributed by atoms with Crippen LogP contribution in [0.5, 0.6) is 5.75 Å². The van der Waals surface area contributed by atoms with Crippen molar-refractivity contribution in [3.05, 3.63) is 74.7 Å². The zero-order valence-electron chi connectivity index (χ0n) is 14.5. The highest BCUT2D eigenvalue weighted by Gasteiger charge is 2.36. The molecular formula is C18H15Cl4N3O3. The first-order valence-electron chi connectivity index (χ1n) is 8.07. The highest BCUT2D eigenvalue weighted by Crippen LogP contribution is 2.35. The van der Waals surface area contributed by atoms with Gasteiger partial charge in [-0.2, -0.15) is 5.10 Å². The molecule has 0 radical (unpaired) electrons. The summed E-state index contributed by atoms with van der Waals surface area (Å²) in [5.74, 6) is -1.53. The van der Waals surface area contributed by atoms with Crippen LogP contribution >= 0.6 is 46.4 Å². The molecule has 0 amide bonds. The first-order chi connectivity index (χ1) is 13.3. The second-order valence-electron chi connectivity index (χ2n) is 5.88. The van der Waals surface area contributed by atoms with E-state index in [1.54, 1.807) is 37.3 Å². The van der Waals surface area contributed by atoms with Crippen LogP contribution in [0, 0.1) is 0 Å². The van der Waals surface area contributed by atoms with Gasteiger partial charge in [-0.15, -0.1) is 0 Å². The van der Waals surface area contributed by atoms with Crippen LogP contribution in [0.25, 0.3) is 0 Å². The van der Waals surface area contributed by atoms with Gasteiger partial charge in [0.05, 0.1) is 10.0 Å². The van der Waals surface area contributed by atoms with Crippen molar-refractivity contribution < 1.29 is 14.6 Å². The SMILES string of the molecule is CC(Oc1ccc(Cl)cc1Cl)OC(O)(Cn1cncn1)c1ccc(Cl)cc1Cl. The standard InChI is InChI=1S/C18H15Cl4N3O3/c1-11(27-17-5-3-13(20)7-16(17)22)28-18(26,8-25-10-23-9-24-25)14-4-2-12(19)6-15(14)21/h2-7,9-11,26H,8H2,1H3. The quantitative estimate of drug-likeness (QED) is 0.490. The molecule has 10 heteroatoms. The van der Waals surface area contributed by atoms with E-state index in [0.29, 0.717) is 26.4 Å². The van der Waals surface area contributed by atoms with E-state index in [-0.39, 0.29) is 11.6 Å². The Balaban J connectivity index is 1.88. The molecule has 148 valence electrons. The van der Waals surface area contributed by atoms with E-state index in [4.69, 9.17) is 55.9 Å². The summed E-state index contributed by atoms with van der Waals surface area (Å²) in [6, 6.07) is 9.46. The van der Waals surface area contributed by atoms with Gasteiger partial charge in [-0.05, 0) is 37.3 Å². The first kappa shape index (κ1) is 21.2. The van der Waals surface area contributed by atoms with Crippen LogP contribution in [0.2, 0.25) is 20.1 Å². The van der Waals surface area contributed by atoms with E-state index in [0.717, 1.165) is 0 Å². The molecule has 2 aromatic carbocycles. The third-order valence-corrected chi connectivity index (χ3v) is 4.82. The Morgan fingerprint density at radius 1 is 1.07 bits per heavy atom. The van der Waals surface area contributed by atoms with E-state index < -0.39 is 12.1 Å². The molecule has 0 fully saturated rings. The smallest absolute Gasteiger partial charge is 0.217 e. The number of aromatic nitrogens is 3. The van der Waals surface area contributed by atoms with Crippen molar-refractivity contribution in [3.63, 3.8) is 0 Å². The Morgan fingerprint density at radius 3 is 2.36 bits per heavy atom. The number of ether oxygens (including phenoxy) is 2. The molecule has 2 unspecified atom stereocenters. The molecule has 0 bridgehead atoms. The van der Waals surface area contributed by atoms with Gasteiger partial charge >= 0.3 is 0 Å². The molecule has 0 spiro atoms. The summed E-state index contributed by atoms with van der Waals surface area (Å²) < 4.78 is 13.0. The number of benzene rings is 2. The maximum absolute atomic E-state index is 11.3. The zero-order chi connectivity index (χ0) is 20.3. The Kier molecular flexibility index (Phi) is 6.70. The Bertz CT molecular complexity index is 955. The minimum atomic E-state index is -1.88. The van der Waals surface area contributed by atoms with E-state index >= 15 is 0 Å². The predicted molar refractivity (Wildman–Crippen MR) is 108 cm³/mol. The van der Waals surface area contributed by atoms with Crippen LogP contribution in [0.15, 0.2) is 49.1 Å². The molecule has 3 rings (SSSR count). The maximum Gasteiger partial charge on any atom is 0.217 e. The Morgan fingerprint density at radius 2 is 1.75 bits per heavy atom. The first-order valence-corrected chi connectivity index (χ1v) is 9.58. The Hall–Kier alpha value is -1.54. The molecule has 0 saturated carbocycles. The highest BCUT2D eigenvalue weighted by atomic mass is 35.5. The van der Waals surface area contributed by atoms with Gasteiger partial charge in [0.25, 0.3) is 0 Å². The monoisotopic (exact) mass is 461 g/mol. The number of rotatable bonds is 7. The fourth-order valence-electron chi connectivity index (χ4n) is 2.57. The van der Waals surface area contributed by atoms with E-state index in [9.17, 15) is 5.11 Å². The van der Waals surface area contributed by atoms with Gasteiger partial charge in [0.15, 0.2) is 0 Å². The van der Waals surface area contributed by atoms with Crippen LogP contribution in [-0.2, 0) is 17.1 Å². The number of hydrogen-bond acceptors (Lipinski definition) is 5. The van der Waals surface area contributed by atoms with Gasteiger partial charge in [-0.1, -0.05) is 52.5 Å². The summed E-state index contributed by atoms with van der Waals surface area (Å²) in [6.45, 7) is 1.53. The van der Waals surface area contributed by atoms with Crippen LogP contribution < -0.4 is 4.74 Å². The number of nitrogens with zero attached hydrogens (tertiary/aromatic N) is 3. The summed E-state index contributed by atoms with van der Waals surface area (Å²) in [6.07, 6.45) is 1.88. The topological polar surface area (TPSA) is 69.4 Å². The van der Waals surface area contributed by atoms with Gasteiger partial charge in [0.1, 0.15) is 24.9 Å².